The highest BCUT2D eigenvalue weighted by molar-refractivity contribution is 5.56. The zero-order valence-corrected chi connectivity index (χ0v) is 12.1. The van der Waals surface area contributed by atoms with Gasteiger partial charge in [0.15, 0.2) is 0 Å². The van der Waals surface area contributed by atoms with E-state index in [1.807, 2.05) is 12.1 Å². The van der Waals surface area contributed by atoms with E-state index in [9.17, 15) is 0 Å². The summed E-state index contributed by atoms with van der Waals surface area (Å²) < 4.78 is 0. The van der Waals surface area contributed by atoms with Crippen molar-refractivity contribution in [3.63, 3.8) is 0 Å². The average Bonchev–Trinajstić information content (AvgIpc) is 2.52. The zero-order chi connectivity index (χ0) is 14.2. The van der Waals surface area contributed by atoms with Gasteiger partial charge in [-0.3, -0.25) is 0 Å². The second-order valence-corrected chi connectivity index (χ2v) is 4.85. The van der Waals surface area contributed by atoms with Gasteiger partial charge >= 0.3 is 0 Å². The third-order valence-corrected chi connectivity index (χ3v) is 3.27. The van der Waals surface area contributed by atoms with Gasteiger partial charge in [-0.1, -0.05) is 85.0 Å². The first-order valence-electron chi connectivity index (χ1n) is 6.89. The number of rotatable bonds is 4. The molecular weight excluding hydrogens is 240 g/mol. The average molecular weight is 260 g/mol. The van der Waals surface area contributed by atoms with Crippen molar-refractivity contribution >= 4 is 12.2 Å². The van der Waals surface area contributed by atoms with Crippen molar-refractivity contribution in [2.75, 3.05) is 0 Å². The predicted octanol–water partition coefficient (Wildman–Crippen LogP) is 5.75. The molecule has 0 saturated heterocycles. The quantitative estimate of drug-likeness (QED) is 0.614. The molecule has 0 aliphatic carbocycles. The van der Waals surface area contributed by atoms with Gasteiger partial charge in [-0.05, 0) is 36.1 Å². The molecule has 20 heavy (non-hydrogen) atoms. The maximum atomic E-state index is 2.17. The van der Waals surface area contributed by atoms with E-state index >= 15 is 0 Å². The molecule has 0 bridgehead atoms. The molecule has 0 spiro atoms. The summed E-state index contributed by atoms with van der Waals surface area (Å²) in [4.78, 5) is 0. The molecular formula is C20H20. The Balaban J connectivity index is 2.08. The van der Waals surface area contributed by atoms with Crippen molar-refractivity contribution in [2.24, 2.45) is 0 Å². The lowest BCUT2D eigenvalue weighted by Crippen LogP contribution is -1.77. The molecule has 0 radical (unpaired) electrons. The molecule has 2 aromatic carbocycles. The van der Waals surface area contributed by atoms with Crippen molar-refractivity contribution in [3.05, 3.63) is 95.1 Å². The van der Waals surface area contributed by atoms with Gasteiger partial charge in [0.25, 0.3) is 0 Å². The maximum absolute atomic E-state index is 2.17. The van der Waals surface area contributed by atoms with E-state index in [0.29, 0.717) is 0 Å². The molecule has 0 nitrogen and oxygen atoms in total. The third kappa shape index (κ3) is 4.40. The van der Waals surface area contributed by atoms with Gasteiger partial charge in [0.05, 0.1) is 0 Å². The Morgan fingerprint density at radius 1 is 0.600 bits per heavy atom. The van der Waals surface area contributed by atoms with Crippen LogP contribution >= 0.6 is 0 Å². The highest BCUT2D eigenvalue weighted by Crippen LogP contribution is 2.12. The highest BCUT2D eigenvalue weighted by Gasteiger charge is 1.90. The van der Waals surface area contributed by atoms with Gasteiger partial charge < -0.3 is 0 Å². The highest BCUT2D eigenvalue weighted by atomic mass is 14.0. The Bertz CT molecular complexity index is 556. The van der Waals surface area contributed by atoms with Gasteiger partial charge in [0.1, 0.15) is 0 Å². The Labute approximate surface area is 121 Å². The van der Waals surface area contributed by atoms with Crippen LogP contribution in [0.3, 0.4) is 0 Å². The van der Waals surface area contributed by atoms with Crippen LogP contribution in [0.1, 0.15) is 25.0 Å². The van der Waals surface area contributed by atoms with Crippen molar-refractivity contribution in [2.45, 2.75) is 13.8 Å². The molecule has 100 valence electrons. The second kappa shape index (κ2) is 7.30. The molecule has 0 heterocycles. The summed E-state index contributed by atoms with van der Waals surface area (Å²) in [5, 5.41) is 0. The Morgan fingerprint density at radius 3 is 1.30 bits per heavy atom. The number of benzene rings is 2. The van der Waals surface area contributed by atoms with Gasteiger partial charge in [0.2, 0.25) is 0 Å². The van der Waals surface area contributed by atoms with Gasteiger partial charge in [-0.25, -0.2) is 0 Å². The van der Waals surface area contributed by atoms with Crippen LogP contribution < -0.4 is 0 Å². The van der Waals surface area contributed by atoms with Crippen molar-refractivity contribution in [1.82, 2.24) is 0 Å². The number of hydrogen-bond donors (Lipinski definition) is 0. The van der Waals surface area contributed by atoms with Crippen LogP contribution in [-0.4, -0.2) is 0 Å². The normalized spacial score (nSPS) is 12.9. The van der Waals surface area contributed by atoms with E-state index in [0.717, 1.165) is 0 Å². The summed E-state index contributed by atoms with van der Waals surface area (Å²) in [6.45, 7) is 4.29. The first-order chi connectivity index (χ1) is 9.75. The minimum Gasteiger partial charge on any atom is -0.0622 e. The molecule has 2 rings (SSSR count). The van der Waals surface area contributed by atoms with Crippen LogP contribution in [0.15, 0.2) is 84.0 Å². The lowest BCUT2D eigenvalue weighted by Gasteiger charge is -1.99. The number of hydrogen-bond acceptors (Lipinski definition) is 0. The molecule has 0 amide bonds. The first kappa shape index (κ1) is 14.1. The Hall–Kier alpha value is -2.34. The van der Waals surface area contributed by atoms with E-state index in [1.165, 1.54) is 22.3 Å². The van der Waals surface area contributed by atoms with Crippen LogP contribution in [-0.2, 0) is 0 Å². The first-order valence-corrected chi connectivity index (χ1v) is 6.89. The summed E-state index contributed by atoms with van der Waals surface area (Å²) in [5.74, 6) is 0. The summed E-state index contributed by atoms with van der Waals surface area (Å²) in [6.07, 6.45) is 8.63. The molecule has 0 heteroatoms. The number of allylic oxidation sites excluding steroid dienone is 4. The fraction of sp³-hybridized carbons (Fsp3) is 0.100. The molecule has 0 aliphatic heterocycles. The van der Waals surface area contributed by atoms with E-state index in [1.54, 1.807) is 0 Å². The molecule has 0 atom stereocenters. The minimum absolute atomic E-state index is 1.23. The van der Waals surface area contributed by atoms with Gasteiger partial charge in [-0.15, -0.1) is 0 Å². The topological polar surface area (TPSA) is 0 Å². The molecule has 0 saturated carbocycles. The van der Waals surface area contributed by atoms with Crippen molar-refractivity contribution in [1.29, 1.82) is 0 Å². The fourth-order valence-electron chi connectivity index (χ4n) is 1.83. The van der Waals surface area contributed by atoms with Crippen LogP contribution in [0, 0.1) is 0 Å². The SMILES string of the molecule is CC(C=Cc1ccccc1)=C(C)C=Cc1ccccc1. The Kier molecular flexibility index (Phi) is 5.14. The lowest BCUT2D eigenvalue weighted by atomic mass is 10.1. The largest absolute Gasteiger partial charge is 0.0622 e. The van der Waals surface area contributed by atoms with Gasteiger partial charge in [-0.2, -0.15) is 0 Å². The summed E-state index contributed by atoms with van der Waals surface area (Å²) in [5.41, 5.74) is 5.01. The fourth-order valence-corrected chi connectivity index (χ4v) is 1.83. The van der Waals surface area contributed by atoms with E-state index in [4.69, 9.17) is 0 Å². The standard InChI is InChI=1S/C20H20/c1-17(13-15-19-9-5-3-6-10-19)18(2)14-16-20-11-7-4-8-12-20/h3-16H,1-2H3. The summed E-state index contributed by atoms with van der Waals surface area (Å²) in [7, 11) is 0. The molecule has 0 aromatic heterocycles. The minimum atomic E-state index is 1.23. The van der Waals surface area contributed by atoms with Crippen molar-refractivity contribution in [3.8, 4) is 0 Å². The van der Waals surface area contributed by atoms with Crippen LogP contribution in [0.4, 0.5) is 0 Å². The lowest BCUT2D eigenvalue weighted by molar-refractivity contribution is 1.38. The van der Waals surface area contributed by atoms with Crippen molar-refractivity contribution < 1.29 is 0 Å². The summed E-state index contributed by atoms with van der Waals surface area (Å²) in [6, 6.07) is 20.7. The molecule has 0 unspecified atom stereocenters. The summed E-state index contributed by atoms with van der Waals surface area (Å²) >= 11 is 0. The van der Waals surface area contributed by atoms with Crippen LogP contribution in [0.5, 0.6) is 0 Å². The molecule has 0 N–H and O–H groups in total. The zero-order valence-electron chi connectivity index (χ0n) is 12.1. The van der Waals surface area contributed by atoms with E-state index in [2.05, 4.69) is 86.7 Å². The van der Waals surface area contributed by atoms with Crippen LogP contribution in [0.25, 0.3) is 12.2 Å². The molecule has 2 aromatic rings. The van der Waals surface area contributed by atoms with Gasteiger partial charge in [0, 0.05) is 0 Å². The smallest absolute Gasteiger partial charge is 0.0257 e. The molecule has 0 fully saturated rings. The second-order valence-electron chi connectivity index (χ2n) is 4.85. The van der Waals surface area contributed by atoms with E-state index in [-0.39, 0.29) is 0 Å². The third-order valence-electron chi connectivity index (χ3n) is 3.27. The maximum Gasteiger partial charge on any atom is -0.0257 e. The van der Waals surface area contributed by atoms with E-state index < -0.39 is 0 Å². The monoisotopic (exact) mass is 260 g/mol. The Morgan fingerprint density at radius 2 is 0.950 bits per heavy atom. The predicted molar refractivity (Wildman–Crippen MR) is 89.3 cm³/mol. The van der Waals surface area contributed by atoms with Crippen LogP contribution in [0.2, 0.25) is 0 Å². The molecule has 0 aliphatic rings.